The summed E-state index contributed by atoms with van der Waals surface area (Å²) >= 11 is 0. The Labute approximate surface area is 92.6 Å². The molecule has 2 heteroatoms. The van der Waals surface area contributed by atoms with Crippen molar-refractivity contribution in [3.8, 4) is 0 Å². The molecule has 0 heterocycles. The molecule has 0 aliphatic rings. The van der Waals surface area contributed by atoms with Gasteiger partial charge in [-0.15, -0.1) is 0 Å². The predicted octanol–water partition coefficient (Wildman–Crippen LogP) is 3.20. The number of aliphatic imine (C=N–C) groups is 1. The molecular formula is C13H20N2. The summed E-state index contributed by atoms with van der Waals surface area (Å²) in [5.74, 6) is 1.09. The van der Waals surface area contributed by atoms with Crippen molar-refractivity contribution in [1.82, 2.24) is 0 Å². The summed E-state index contributed by atoms with van der Waals surface area (Å²) in [5, 5.41) is 0. The lowest BCUT2D eigenvalue weighted by Crippen LogP contribution is -2.36. The van der Waals surface area contributed by atoms with Crippen LogP contribution in [-0.4, -0.2) is 19.9 Å². The minimum absolute atomic E-state index is 0.0688. The van der Waals surface area contributed by atoms with Gasteiger partial charge >= 0.3 is 0 Å². The van der Waals surface area contributed by atoms with Crippen molar-refractivity contribution in [3.63, 3.8) is 0 Å². The molecule has 0 N–H and O–H groups in total. The Bertz CT molecular complexity index is 333. The van der Waals surface area contributed by atoms with Crippen LogP contribution in [0.4, 0.5) is 5.69 Å². The zero-order chi connectivity index (χ0) is 11.5. The highest BCUT2D eigenvalue weighted by Crippen LogP contribution is 2.22. The summed E-state index contributed by atoms with van der Waals surface area (Å²) in [4.78, 5) is 6.52. The van der Waals surface area contributed by atoms with E-state index in [1.807, 2.05) is 25.2 Å². The van der Waals surface area contributed by atoms with Crippen molar-refractivity contribution in [1.29, 1.82) is 0 Å². The Kier molecular flexibility index (Phi) is 3.51. The molecule has 82 valence electrons. The fraction of sp³-hybridized carbons (Fsp3) is 0.462. The zero-order valence-electron chi connectivity index (χ0n) is 10.3. The maximum Gasteiger partial charge on any atom is 0.108 e. The van der Waals surface area contributed by atoms with Crippen molar-refractivity contribution in [2.45, 2.75) is 20.8 Å². The SMILES string of the molecule is CN=C(N(C)c1ccccc1)C(C)(C)C. The number of benzene rings is 1. The van der Waals surface area contributed by atoms with Crippen molar-refractivity contribution in [2.24, 2.45) is 10.4 Å². The lowest BCUT2D eigenvalue weighted by Gasteiger charge is -2.30. The van der Waals surface area contributed by atoms with Gasteiger partial charge in [-0.2, -0.15) is 0 Å². The van der Waals surface area contributed by atoms with Crippen LogP contribution in [0.15, 0.2) is 35.3 Å². The summed E-state index contributed by atoms with van der Waals surface area (Å²) in [5.41, 5.74) is 1.24. The van der Waals surface area contributed by atoms with Crippen LogP contribution in [-0.2, 0) is 0 Å². The summed E-state index contributed by atoms with van der Waals surface area (Å²) in [6.45, 7) is 6.53. The minimum Gasteiger partial charge on any atom is -0.333 e. The molecule has 0 atom stereocenters. The first-order chi connectivity index (χ1) is 6.96. The van der Waals surface area contributed by atoms with Crippen LogP contribution >= 0.6 is 0 Å². The van der Waals surface area contributed by atoms with Gasteiger partial charge in [0.05, 0.1) is 0 Å². The van der Waals surface area contributed by atoms with Crippen LogP contribution in [0.25, 0.3) is 0 Å². The number of rotatable bonds is 1. The molecule has 0 amide bonds. The molecule has 0 fully saturated rings. The largest absolute Gasteiger partial charge is 0.333 e. The molecule has 1 aromatic carbocycles. The number of hydrogen-bond donors (Lipinski definition) is 0. The molecule has 1 aromatic rings. The Hall–Kier alpha value is -1.31. The standard InChI is InChI=1S/C13H20N2/c1-13(2,3)12(14-4)15(5)11-9-7-6-8-10-11/h6-10H,1-5H3. The van der Waals surface area contributed by atoms with Crippen molar-refractivity contribution in [3.05, 3.63) is 30.3 Å². The Morgan fingerprint density at radius 2 is 1.67 bits per heavy atom. The number of hydrogen-bond acceptors (Lipinski definition) is 1. The lowest BCUT2D eigenvalue weighted by molar-refractivity contribution is 0.579. The average molecular weight is 204 g/mol. The van der Waals surface area contributed by atoms with Crippen LogP contribution in [0.1, 0.15) is 20.8 Å². The highest BCUT2D eigenvalue weighted by molar-refractivity contribution is 6.00. The second kappa shape index (κ2) is 4.47. The highest BCUT2D eigenvalue weighted by atomic mass is 15.2. The molecule has 2 nitrogen and oxygen atoms in total. The molecule has 1 rings (SSSR count). The smallest absolute Gasteiger partial charge is 0.108 e. The van der Waals surface area contributed by atoms with E-state index in [-0.39, 0.29) is 5.41 Å². The van der Waals surface area contributed by atoms with E-state index in [1.54, 1.807) is 0 Å². The molecule has 0 unspecified atom stereocenters. The second-order valence-electron chi connectivity index (χ2n) is 4.69. The van der Waals surface area contributed by atoms with Crippen LogP contribution in [0.2, 0.25) is 0 Å². The van der Waals surface area contributed by atoms with E-state index in [0.29, 0.717) is 0 Å². The first-order valence-corrected chi connectivity index (χ1v) is 5.23. The number of para-hydroxylation sites is 1. The molecule has 0 radical (unpaired) electrons. The maximum absolute atomic E-state index is 4.38. The average Bonchev–Trinajstić information content (AvgIpc) is 2.18. The summed E-state index contributed by atoms with van der Waals surface area (Å²) in [7, 11) is 3.91. The van der Waals surface area contributed by atoms with E-state index in [0.717, 1.165) is 5.84 Å². The predicted molar refractivity (Wildman–Crippen MR) is 67.7 cm³/mol. The van der Waals surface area contributed by atoms with Crippen LogP contribution < -0.4 is 4.90 Å². The summed E-state index contributed by atoms with van der Waals surface area (Å²) in [6.07, 6.45) is 0. The van der Waals surface area contributed by atoms with Crippen LogP contribution in [0.3, 0.4) is 0 Å². The number of nitrogens with zero attached hydrogens (tertiary/aromatic N) is 2. The van der Waals surface area contributed by atoms with Gasteiger partial charge < -0.3 is 4.90 Å². The van der Waals surface area contributed by atoms with Crippen LogP contribution in [0.5, 0.6) is 0 Å². The van der Waals surface area contributed by atoms with Gasteiger partial charge in [-0.25, -0.2) is 0 Å². The third kappa shape index (κ3) is 2.82. The maximum atomic E-state index is 4.38. The first-order valence-electron chi connectivity index (χ1n) is 5.23. The van der Waals surface area contributed by atoms with Gasteiger partial charge in [0, 0.05) is 25.2 Å². The number of anilines is 1. The summed E-state index contributed by atoms with van der Waals surface area (Å²) < 4.78 is 0. The Balaban J connectivity index is 2.99. The molecule has 0 aromatic heterocycles. The van der Waals surface area contributed by atoms with E-state index >= 15 is 0 Å². The normalized spacial score (nSPS) is 12.7. The van der Waals surface area contributed by atoms with Gasteiger partial charge in [-0.1, -0.05) is 39.0 Å². The van der Waals surface area contributed by atoms with Crippen LogP contribution in [0, 0.1) is 5.41 Å². The fourth-order valence-corrected chi connectivity index (χ4v) is 1.76. The van der Waals surface area contributed by atoms with E-state index in [4.69, 9.17) is 0 Å². The highest BCUT2D eigenvalue weighted by Gasteiger charge is 2.22. The van der Waals surface area contributed by atoms with Gasteiger partial charge in [0.2, 0.25) is 0 Å². The van der Waals surface area contributed by atoms with E-state index in [1.165, 1.54) is 5.69 Å². The van der Waals surface area contributed by atoms with Gasteiger partial charge in [-0.05, 0) is 12.1 Å². The van der Waals surface area contributed by atoms with Gasteiger partial charge in [0.15, 0.2) is 0 Å². The van der Waals surface area contributed by atoms with E-state index in [9.17, 15) is 0 Å². The second-order valence-corrected chi connectivity index (χ2v) is 4.69. The van der Waals surface area contributed by atoms with E-state index < -0.39 is 0 Å². The quantitative estimate of drug-likeness (QED) is 0.506. The molecule has 0 bridgehead atoms. The van der Waals surface area contributed by atoms with Gasteiger partial charge in [0.25, 0.3) is 0 Å². The van der Waals surface area contributed by atoms with E-state index in [2.05, 4.69) is 49.8 Å². The lowest BCUT2D eigenvalue weighted by atomic mass is 9.94. The Morgan fingerprint density at radius 3 is 2.07 bits per heavy atom. The molecular weight excluding hydrogens is 184 g/mol. The Morgan fingerprint density at radius 1 is 1.13 bits per heavy atom. The molecule has 0 saturated carbocycles. The third-order valence-corrected chi connectivity index (χ3v) is 2.34. The molecule has 0 spiro atoms. The minimum atomic E-state index is 0.0688. The van der Waals surface area contributed by atoms with Crippen molar-refractivity contribution < 1.29 is 0 Å². The molecule has 0 aliphatic heterocycles. The summed E-state index contributed by atoms with van der Waals surface area (Å²) in [6, 6.07) is 10.3. The fourth-order valence-electron chi connectivity index (χ4n) is 1.76. The topological polar surface area (TPSA) is 15.6 Å². The third-order valence-electron chi connectivity index (χ3n) is 2.34. The molecule has 0 aliphatic carbocycles. The first kappa shape index (κ1) is 11.8. The van der Waals surface area contributed by atoms with Gasteiger partial charge in [-0.3, -0.25) is 4.99 Å². The monoisotopic (exact) mass is 204 g/mol. The van der Waals surface area contributed by atoms with Crippen molar-refractivity contribution in [2.75, 3.05) is 19.0 Å². The zero-order valence-corrected chi connectivity index (χ0v) is 10.3. The molecule has 15 heavy (non-hydrogen) atoms. The number of amidine groups is 1. The van der Waals surface area contributed by atoms with Crippen molar-refractivity contribution >= 4 is 11.5 Å². The van der Waals surface area contributed by atoms with Gasteiger partial charge in [0.1, 0.15) is 5.84 Å². The molecule has 0 saturated heterocycles.